The van der Waals surface area contributed by atoms with Gasteiger partial charge < -0.3 is 26.0 Å². The van der Waals surface area contributed by atoms with Gasteiger partial charge in [-0.3, -0.25) is 9.69 Å². The highest BCUT2D eigenvalue weighted by Crippen LogP contribution is 2.32. The number of halogens is 3. The number of urea groups is 1. The van der Waals surface area contributed by atoms with E-state index in [9.17, 15) is 22.8 Å². The Kier molecular flexibility index (Phi) is 8.72. The zero-order valence-corrected chi connectivity index (χ0v) is 21.4. The molecule has 3 amide bonds. The van der Waals surface area contributed by atoms with E-state index in [4.69, 9.17) is 10.5 Å². The van der Waals surface area contributed by atoms with Crippen LogP contribution in [-0.4, -0.2) is 55.0 Å². The molecule has 0 atom stereocenters. The molecule has 0 spiro atoms. The summed E-state index contributed by atoms with van der Waals surface area (Å²) in [5.74, 6) is 0.385. The number of nitrogens with two attached hydrogens (primary N) is 1. The Balaban J connectivity index is 1.41. The lowest BCUT2D eigenvalue weighted by Gasteiger charge is -2.32. The van der Waals surface area contributed by atoms with E-state index in [1.54, 1.807) is 54.6 Å². The van der Waals surface area contributed by atoms with Crippen molar-refractivity contribution in [2.75, 3.05) is 38.5 Å². The van der Waals surface area contributed by atoms with Crippen molar-refractivity contribution in [1.29, 1.82) is 0 Å². The van der Waals surface area contributed by atoms with Crippen LogP contribution in [0.5, 0.6) is 11.5 Å². The van der Waals surface area contributed by atoms with E-state index in [-0.39, 0.29) is 12.2 Å². The number of nitrogens with zero attached hydrogens (tertiary/aromatic N) is 2. The Morgan fingerprint density at radius 2 is 1.67 bits per heavy atom. The maximum absolute atomic E-state index is 13.6. The number of piperazine rings is 1. The van der Waals surface area contributed by atoms with Gasteiger partial charge in [0.2, 0.25) is 5.91 Å². The summed E-state index contributed by atoms with van der Waals surface area (Å²) in [6, 6.07) is 16.3. The predicted octanol–water partition coefficient (Wildman–Crippen LogP) is 4.67. The largest absolute Gasteiger partial charge is 0.457 e. The molecule has 0 aromatic heterocycles. The second kappa shape index (κ2) is 12.2. The van der Waals surface area contributed by atoms with Crippen molar-refractivity contribution in [2.45, 2.75) is 19.3 Å². The third-order valence-electron chi connectivity index (χ3n) is 6.36. The number of rotatable bonds is 8. The van der Waals surface area contributed by atoms with Gasteiger partial charge in [0.1, 0.15) is 11.5 Å². The lowest BCUT2D eigenvalue weighted by molar-refractivity contribution is -0.137. The number of alkyl halides is 3. The summed E-state index contributed by atoms with van der Waals surface area (Å²) in [4.78, 5) is 28.2. The number of amides is 3. The number of hydrogen-bond donors (Lipinski definition) is 3. The summed E-state index contributed by atoms with van der Waals surface area (Å²) in [5.41, 5.74) is 5.97. The van der Waals surface area contributed by atoms with E-state index < -0.39 is 23.7 Å². The summed E-state index contributed by atoms with van der Waals surface area (Å²) in [6.07, 6.45) is -4.54. The maximum atomic E-state index is 13.6. The molecule has 3 aromatic carbocycles. The third kappa shape index (κ3) is 7.95. The molecule has 8 nitrogen and oxygen atoms in total. The molecule has 0 saturated carbocycles. The number of primary amides is 1. The van der Waals surface area contributed by atoms with Gasteiger partial charge in [-0.2, -0.15) is 13.2 Å². The quantitative estimate of drug-likeness (QED) is 0.385. The molecular formula is C28H30F3N5O3. The molecule has 39 heavy (non-hydrogen) atoms. The molecular weight excluding hydrogens is 511 g/mol. The van der Waals surface area contributed by atoms with Crippen molar-refractivity contribution < 1.29 is 27.5 Å². The van der Waals surface area contributed by atoms with Crippen LogP contribution in [0.3, 0.4) is 0 Å². The van der Waals surface area contributed by atoms with Gasteiger partial charge in [-0.05, 0) is 61.1 Å². The number of hydrogen-bond acceptors (Lipinski definition) is 5. The Morgan fingerprint density at radius 3 is 2.33 bits per heavy atom. The summed E-state index contributed by atoms with van der Waals surface area (Å²) in [6.45, 7) is 3.62. The maximum Gasteiger partial charge on any atom is 0.416 e. The van der Waals surface area contributed by atoms with Gasteiger partial charge in [-0.1, -0.05) is 18.2 Å². The van der Waals surface area contributed by atoms with Crippen molar-refractivity contribution in [3.8, 4) is 11.5 Å². The van der Waals surface area contributed by atoms with Crippen molar-refractivity contribution in [3.63, 3.8) is 0 Å². The minimum atomic E-state index is -4.54. The molecule has 11 heteroatoms. The number of para-hydroxylation sites is 1. The fourth-order valence-electron chi connectivity index (χ4n) is 4.20. The first-order chi connectivity index (χ1) is 18.6. The topological polar surface area (TPSA) is 99.9 Å². The highest BCUT2D eigenvalue weighted by atomic mass is 19.4. The normalized spacial score (nSPS) is 14.6. The standard InChI is InChI=1S/C28H30F3N5O3/c1-35-10-12-36(13-11-35)18-19-14-22(28(29,30)31)16-23(15-19)34-27(38)33-17-21-4-2-3-5-25(21)39-24-8-6-20(7-9-24)26(32)37/h2-9,14-16H,10-13,17-18H2,1H3,(H2,32,37)(H2,33,34,38). The number of nitrogens with one attached hydrogen (secondary N) is 2. The van der Waals surface area contributed by atoms with Crippen molar-refractivity contribution in [3.05, 3.63) is 89.0 Å². The van der Waals surface area contributed by atoms with Crippen LogP contribution < -0.4 is 21.1 Å². The van der Waals surface area contributed by atoms with Crippen LogP contribution in [0.2, 0.25) is 0 Å². The Morgan fingerprint density at radius 1 is 0.974 bits per heavy atom. The Bertz CT molecular complexity index is 1310. The second-order valence-electron chi connectivity index (χ2n) is 9.40. The third-order valence-corrected chi connectivity index (χ3v) is 6.36. The van der Waals surface area contributed by atoms with Crippen LogP contribution >= 0.6 is 0 Å². The van der Waals surface area contributed by atoms with Crippen LogP contribution in [0.15, 0.2) is 66.7 Å². The summed E-state index contributed by atoms with van der Waals surface area (Å²) in [7, 11) is 2.01. The highest BCUT2D eigenvalue weighted by Gasteiger charge is 2.31. The number of carbonyl (C=O) groups excluding carboxylic acids is 2. The first kappa shape index (κ1) is 27.9. The minimum Gasteiger partial charge on any atom is -0.457 e. The SMILES string of the molecule is CN1CCN(Cc2cc(NC(=O)NCc3ccccc3Oc3ccc(C(N)=O)cc3)cc(C(F)(F)F)c2)CC1. The highest BCUT2D eigenvalue weighted by molar-refractivity contribution is 5.92. The van der Waals surface area contributed by atoms with Gasteiger partial charge in [0, 0.05) is 56.1 Å². The van der Waals surface area contributed by atoms with Crippen LogP contribution in [0.4, 0.5) is 23.7 Å². The van der Waals surface area contributed by atoms with E-state index in [1.807, 2.05) is 7.05 Å². The average molecular weight is 542 g/mol. The fourth-order valence-corrected chi connectivity index (χ4v) is 4.20. The van der Waals surface area contributed by atoms with Crippen LogP contribution in [0, 0.1) is 0 Å². The van der Waals surface area contributed by atoms with Gasteiger partial charge in [-0.25, -0.2) is 4.79 Å². The zero-order chi connectivity index (χ0) is 28.0. The molecule has 1 aliphatic heterocycles. The average Bonchev–Trinajstić information content (AvgIpc) is 2.89. The first-order valence-corrected chi connectivity index (χ1v) is 12.4. The van der Waals surface area contributed by atoms with E-state index in [0.717, 1.165) is 38.3 Å². The number of likely N-dealkylation sites (N-methyl/N-ethyl adjacent to an activating group) is 1. The van der Waals surface area contributed by atoms with Crippen molar-refractivity contribution >= 4 is 17.6 Å². The van der Waals surface area contributed by atoms with Crippen molar-refractivity contribution in [2.24, 2.45) is 5.73 Å². The lowest BCUT2D eigenvalue weighted by atomic mass is 10.1. The molecule has 1 aliphatic rings. The molecule has 0 bridgehead atoms. The molecule has 4 rings (SSSR count). The molecule has 206 valence electrons. The van der Waals surface area contributed by atoms with Gasteiger partial charge >= 0.3 is 12.2 Å². The Labute approximate surface area is 224 Å². The number of carbonyl (C=O) groups is 2. The fraction of sp³-hybridized carbons (Fsp3) is 0.286. The zero-order valence-electron chi connectivity index (χ0n) is 21.4. The summed E-state index contributed by atoms with van der Waals surface area (Å²) in [5, 5.41) is 5.21. The van der Waals surface area contributed by atoms with Gasteiger partial charge in [0.05, 0.1) is 5.56 Å². The molecule has 0 radical (unpaired) electrons. The van der Waals surface area contributed by atoms with E-state index in [0.29, 0.717) is 34.7 Å². The van der Waals surface area contributed by atoms with E-state index >= 15 is 0 Å². The monoisotopic (exact) mass is 541 g/mol. The van der Waals surface area contributed by atoms with Gasteiger partial charge in [0.15, 0.2) is 0 Å². The first-order valence-electron chi connectivity index (χ1n) is 12.4. The molecule has 3 aromatic rings. The summed E-state index contributed by atoms with van der Waals surface area (Å²) >= 11 is 0. The number of benzene rings is 3. The van der Waals surface area contributed by atoms with Gasteiger partial charge in [-0.15, -0.1) is 0 Å². The van der Waals surface area contributed by atoms with E-state index in [2.05, 4.69) is 20.4 Å². The molecule has 0 unspecified atom stereocenters. The number of anilines is 1. The molecule has 0 aliphatic carbocycles. The smallest absolute Gasteiger partial charge is 0.416 e. The van der Waals surface area contributed by atoms with Crippen LogP contribution in [-0.2, 0) is 19.3 Å². The second-order valence-corrected chi connectivity index (χ2v) is 9.40. The predicted molar refractivity (Wildman–Crippen MR) is 142 cm³/mol. The molecule has 1 heterocycles. The number of ether oxygens (including phenoxy) is 1. The summed E-state index contributed by atoms with van der Waals surface area (Å²) < 4.78 is 46.6. The lowest BCUT2D eigenvalue weighted by Crippen LogP contribution is -2.43. The molecule has 1 saturated heterocycles. The van der Waals surface area contributed by atoms with Crippen molar-refractivity contribution in [1.82, 2.24) is 15.1 Å². The Hall–Kier alpha value is -4.09. The van der Waals surface area contributed by atoms with Crippen LogP contribution in [0.1, 0.15) is 27.0 Å². The molecule has 1 fully saturated rings. The van der Waals surface area contributed by atoms with Crippen LogP contribution in [0.25, 0.3) is 0 Å². The minimum absolute atomic E-state index is 0.0607. The molecule has 4 N–H and O–H groups in total. The van der Waals surface area contributed by atoms with E-state index in [1.165, 1.54) is 0 Å². The van der Waals surface area contributed by atoms with Gasteiger partial charge in [0.25, 0.3) is 0 Å².